The van der Waals surface area contributed by atoms with Crippen LogP contribution in [0.5, 0.6) is 5.75 Å². The molecule has 1 aromatic heterocycles. The third kappa shape index (κ3) is 3.52. The van der Waals surface area contributed by atoms with E-state index in [1.54, 1.807) is 48.8 Å². The van der Waals surface area contributed by atoms with Crippen molar-refractivity contribution in [3.05, 3.63) is 54.4 Å². The van der Waals surface area contributed by atoms with Gasteiger partial charge in [0.15, 0.2) is 0 Å². The highest BCUT2D eigenvalue weighted by molar-refractivity contribution is 7.80. The van der Waals surface area contributed by atoms with Gasteiger partial charge in [-0.05, 0) is 36.5 Å². The van der Waals surface area contributed by atoms with E-state index in [-0.39, 0.29) is 5.17 Å². The van der Waals surface area contributed by atoms with Crippen LogP contribution >= 0.6 is 12.2 Å². The summed E-state index contributed by atoms with van der Waals surface area (Å²) in [5.74, 6) is 0.0674. The largest absolute Gasteiger partial charge is 0.465 e. The second kappa shape index (κ2) is 6.63. The number of esters is 1. The lowest BCUT2D eigenvalue weighted by atomic mass is 10.2. The number of hydrogen-bond acceptors (Lipinski definition) is 5. The van der Waals surface area contributed by atoms with E-state index in [9.17, 15) is 4.79 Å². The van der Waals surface area contributed by atoms with Crippen LogP contribution in [-0.2, 0) is 4.74 Å². The fourth-order valence-corrected chi connectivity index (χ4v) is 1.74. The number of carbonyl (C=O) groups is 1. The molecule has 20 heavy (non-hydrogen) atoms. The van der Waals surface area contributed by atoms with Crippen molar-refractivity contribution in [2.45, 2.75) is 0 Å². The van der Waals surface area contributed by atoms with Crippen LogP contribution in [-0.4, -0.2) is 23.2 Å². The summed E-state index contributed by atoms with van der Waals surface area (Å²) in [5, 5.41) is 2.97. The fraction of sp³-hybridized carbons (Fsp3) is 0.0714. The van der Waals surface area contributed by atoms with Gasteiger partial charge >= 0.3 is 5.97 Å². The topological polar surface area (TPSA) is 60.5 Å². The number of pyridine rings is 1. The lowest BCUT2D eigenvalue weighted by Crippen LogP contribution is -2.18. The number of ether oxygens (including phenoxy) is 2. The number of rotatable bonds is 3. The smallest absolute Gasteiger partial charge is 0.339 e. The maximum absolute atomic E-state index is 11.6. The predicted molar refractivity (Wildman–Crippen MR) is 78.9 cm³/mol. The van der Waals surface area contributed by atoms with Crippen molar-refractivity contribution in [2.75, 3.05) is 12.4 Å². The standard InChI is InChI=1S/C14H12N2O3S/c1-18-13(17)11-6-2-3-7-12(11)16-14(20)19-10-5-4-8-15-9-10/h2-9H,1H3,(H,16,20). The van der Waals surface area contributed by atoms with Crippen LogP contribution in [0, 0.1) is 0 Å². The minimum Gasteiger partial charge on any atom is -0.465 e. The number of nitrogens with one attached hydrogen (secondary N) is 1. The van der Waals surface area contributed by atoms with Crippen LogP contribution in [0.3, 0.4) is 0 Å². The summed E-state index contributed by atoms with van der Waals surface area (Å²) in [7, 11) is 1.32. The highest BCUT2D eigenvalue weighted by atomic mass is 32.1. The Morgan fingerprint density at radius 3 is 2.75 bits per heavy atom. The third-order valence-corrected chi connectivity index (χ3v) is 2.60. The van der Waals surface area contributed by atoms with E-state index >= 15 is 0 Å². The molecular formula is C14H12N2O3S. The summed E-state index contributed by atoms with van der Waals surface area (Å²) in [4.78, 5) is 15.5. The number of anilines is 1. The van der Waals surface area contributed by atoms with Crippen LogP contribution in [0.2, 0.25) is 0 Å². The predicted octanol–water partition coefficient (Wildman–Crippen LogP) is 2.64. The minimum absolute atomic E-state index is 0.120. The number of benzene rings is 1. The van der Waals surface area contributed by atoms with Gasteiger partial charge in [-0.3, -0.25) is 4.98 Å². The molecule has 1 N–H and O–H groups in total. The first-order valence-electron chi connectivity index (χ1n) is 5.77. The first kappa shape index (κ1) is 14.0. The molecule has 2 aromatic rings. The zero-order valence-electron chi connectivity index (χ0n) is 10.7. The Bertz CT molecular complexity index is 617. The first-order valence-corrected chi connectivity index (χ1v) is 6.17. The van der Waals surface area contributed by atoms with Gasteiger partial charge in [0.05, 0.1) is 24.6 Å². The molecule has 0 aliphatic heterocycles. The van der Waals surface area contributed by atoms with Crippen molar-refractivity contribution in [3.8, 4) is 5.75 Å². The number of aromatic nitrogens is 1. The van der Waals surface area contributed by atoms with Gasteiger partial charge in [0.1, 0.15) is 5.75 Å². The molecule has 2 rings (SSSR count). The monoisotopic (exact) mass is 288 g/mol. The number of para-hydroxylation sites is 1. The lowest BCUT2D eigenvalue weighted by Gasteiger charge is -2.11. The molecule has 0 unspecified atom stereocenters. The Hall–Kier alpha value is -2.47. The van der Waals surface area contributed by atoms with E-state index in [0.29, 0.717) is 17.0 Å². The van der Waals surface area contributed by atoms with Crippen molar-refractivity contribution < 1.29 is 14.3 Å². The van der Waals surface area contributed by atoms with Gasteiger partial charge in [-0.15, -0.1) is 0 Å². The molecule has 1 aromatic carbocycles. The number of thiocarbonyl (C=S) groups is 1. The molecular weight excluding hydrogens is 276 g/mol. The highest BCUT2D eigenvalue weighted by Crippen LogP contribution is 2.17. The summed E-state index contributed by atoms with van der Waals surface area (Å²) >= 11 is 5.09. The normalized spacial score (nSPS) is 9.65. The Morgan fingerprint density at radius 2 is 2.05 bits per heavy atom. The van der Waals surface area contributed by atoms with E-state index in [1.807, 2.05) is 0 Å². The van der Waals surface area contributed by atoms with Crippen molar-refractivity contribution in [1.82, 2.24) is 4.98 Å². The molecule has 5 nitrogen and oxygen atoms in total. The Kier molecular flexibility index (Phi) is 4.62. The molecule has 0 bridgehead atoms. The van der Waals surface area contributed by atoms with Gasteiger partial charge < -0.3 is 14.8 Å². The Labute approximate surface area is 121 Å². The summed E-state index contributed by atoms with van der Waals surface area (Å²) < 4.78 is 10.1. The molecule has 0 spiro atoms. The molecule has 0 aliphatic rings. The molecule has 0 amide bonds. The lowest BCUT2D eigenvalue weighted by molar-refractivity contribution is 0.0602. The first-order chi connectivity index (χ1) is 9.70. The molecule has 102 valence electrons. The Morgan fingerprint density at radius 1 is 1.25 bits per heavy atom. The molecule has 0 atom stereocenters. The number of carbonyl (C=O) groups excluding carboxylic acids is 1. The highest BCUT2D eigenvalue weighted by Gasteiger charge is 2.12. The van der Waals surface area contributed by atoms with Crippen LogP contribution in [0.15, 0.2) is 48.8 Å². The summed E-state index contributed by atoms with van der Waals surface area (Å²) in [5.41, 5.74) is 0.903. The molecule has 0 radical (unpaired) electrons. The quantitative estimate of drug-likeness (QED) is 0.692. The number of hydrogen-bond donors (Lipinski definition) is 1. The maximum atomic E-state index is 11.6. The van der Waals surface area contributed by atoms with E-state index < -0.39 is 5.97 Å². The Balaban J connectivity index is 2.10. The molecule has 0 saturated heterocycles. The van der Waals surface area contributed by atoms with Gasteiger partial charge in [-0.2, -0.15) is 0 Å². The zero-order chi connectivity index (χ0) is 14.4. The molecule has 1 heterocycles. The summed E-state index contributed by atoms with van der Waals surface area (Å²) in [6, 6.07) is 10.3. The van der Waals surface area contributed by atoms with Crippen molar-refractivity contribution in [2.24, 2.45) is 0 Å². The van der Waals surface area contributed by atoms with Crippen molar-refractivity contribution >= 4 is 29.0 Å². The number of nitrogens with zero attached hydrogens (tertiary/aromatic N) is 1. The van der Waals surface area contributed by atoms with Gasteiger partial charge in [-0.1, -0.05) is 12.1 Å². The molecule has 0 saturated carbocycles. The maximum Gasteiger partial charge on any atom is 0.339 e. The fourth-order valence-electron chi connectivity index (χ4n) is 1.53. The van der Waals surface area contributed by atoms with Gasteiger partial charge in [-0.25, -0.2) is 4.79 Å². The SMILES string of the molecule is COC(=O)c1ccccc1NC(=S)Oc1cccnc1. The van der Waals surface area contributed by atoms with E-state index in [4.69, 9.17) is 21.7 Å². The zero-order valence-corrected chi connectivity index (χ0v) is 11.5. The van der Waals surface area contributed by atoms with Crippen LogP contribution in [0.4, 0.5) is 5.69 Å². The molecule has 0 fully saturated rings. The average molecular weight is 288 g/mol. The van der Waals surface area contributed by atoms with Crippen LogP contribution in [0.25, 0.3) is 0 Å². The van der Waals surface area contributed by atoms with E-state index in [1.165, 1.54) is 7.11 Å². The van der Waals surface area contributed by atoms with Crippen molar-refractivity contribution in [1.29, 1.82) is 0 Å². The summed E-state index contributed by atoms with van der Waals surface area (Å²) in [6.07, 6.45) is 3.18. The second-order valence-corrected chi connectivity index (χ2v) is 4.11. The third-order valence-electron chi connectivity index (χ3n) is 2.41. The molecule has 6 heteroatoms. The second-order valence-electron chi connectivity index (χ2n) is 3.74. The van der Waals surface area contributed by atoms with Crippen LogP contribution in [0.1, 0.15) is 10.4 Å². The van der Waals surface area contributed by atoms with E-state index in [0.717, 1.165) is 0 Å². The summed E-state index contributed by atoms with van der Waals surface area (Å²) in [6.45, 7) is 0. The van der Waals surface area contributed by atoms with Crippen molar-refractivity contribution in [3.63, 3.8) is 0 Å². The van der Waals surface area contributed by atoms with E-state index in [2.05, 4.69) is 10.3 Å². The van der Waals surface area contributed by atoms with Gasteiger partial charge in [0.2, 0.25) is 0 Å². The van der Waals surface area contributed by atoms with Gasteiger partial charge in [0.25, 0.3) is 5.17 Å². The number of methoxy groups -OCH3 is 1. The molecule has 0 aliphatic carbocycles. The van der Waals surface area contributed by atoms with Crippen LogP contribution < -0.4 is 10.1 Å². The average Bonchev–Trinajstić information content (AvgIpc) is 2.48. The minimum atomic E-state index is -0.447. The van der Waals surface area contributed by atoms with Gasteiger partial charge in [0, 0.05) is 6.20 Å².